The van der Waals surface area contributed by atoms with E-state index in [0.29, 0.717) is 5.69 Å². The lowest BCUT2D eigenvalue weighted by atomic mass is 10.1. The van der Waals surface area contributed by atoms with Crippen LogP contribution in [-0.2, 0) is 24.4 Å². The fraction of sp³-hybridized carbons (Fsp3) is 0.238. The van der Waals surface area contributed by atoms with Gasteiger partial charge < -0.3 is 16.6 Å². The number of pyridine rings is 1. The van der Waals surface area contributed by atoms with Crippen molar-refractivity contribution >= 4 is 39.6 Å². The number of anilines is 1. The van der Waals surface area contributed by atoms with Gasteiger partial charge in [-0.05, 0) is 36.8 Å². The van der Waals surface area contributed by atoms with Gasteiger partial charge in [0, 0.05) is 12.1 Å². The van der Waals surface area contributed by atoms with Crippen molar-refractivity contribution in [1.82, 2.24) is 10.0 Å². The number of alkyl halides is 3. The average Bonchev–Trinajstić information content (AvgIpc) is 2.81. The van der Waals surface area contributed by atoms with Crippen LogP contribution in [-0.4, -0.2) is 48.7 Å². The molecule has 1 amide bonds. The number of carbonyl (C=O) groups excluding carboxylic acids is 1. The molecule has 1 aromatic carbocycles. The van der Waals surface area contributed by atoms with Crippen LogP contribution in [0, 0.1) is 12.3 Å². The monoisotopic (exact) mass is 562 g/mol. The van der Waals surface area contributed by atoms with Gasteiger partial charge in [0.1, 0.15) is 11.7 Å². The molecule has 17 heteroatoms. The number of sulfonamides is 1. The maximum Gasteiger partial charge on any atom is 0.490 e. The number of nitrogens with one attached hydrogen (secondary N) is 3. The van der Waals surface area contributed by atoms with Gasteiger partial charge in [0.15, 0.2) is 0 Å². The van der Waals surface area contributed by atoms with Crippen LogP contribution in [0.4, 0.5) is 18.9 Å². The van der Waals surface area contributed by atoms with E-state index in [9.17, 15) is 31.2 Å². The molecular weight excluding hydrogens is 537 g/mol. The number of hydrogen-bond acceptors (Lipinski definition) is 7. The summed E-state index contributed by atoms with van der Waals surface area (Å²) in [5.74, 6) is -3.99. The minimum atomic E-state index is -5.08. The average molecular weight is 563 g/mol. The number of aryl methyl sites for hydroxylation is 1. The molecule has 38 heavy (non-hydrogen) atoms. The van der Waals surface area contributed by atoms with Crippen LogP contribution < -0.4 is 27.2 Å². The fourth-order valence-electron chi connectivity index (χ4n) is 2.80. The van der Waals surface area contributed by atoms with Gasteiger partial charge in [-0.25, -0.2) is 18.7 Å². The predicted molar refractivity (Wildman–Crippen MR) is 130 cm³/mol. The van der Waals surface area contributed by atoms with Crippen molar-refractivity contribution < 1.29 is 41.1 Å². The zero-order chi connectivity index (χ0) is 29.3. The number of nitrogens with zero attached hydrogens (tertiary/aromatic N) is 1. The minimum absolute atomic E-state index is 0.0183. The van der Waals surface area contributed by atoms with E-state index in [1.54, 1.807) is 25.1 Å². The zero-order valence-electron chi connectivity index (χ0n) is 19.8. The SMILES string of the molecule is C=Cc1ccc(S(=O)(=O)Nc2ccc(C)n(C(CCONC(=N)N)C(N)=O)c2=O)cc1.O=C(O)C(F)(F)F. The first kappa shape index (κ1) is 31.6. The summed E-state index contributed by atoms with van der Waals surface area (Å²) in [6, 6.07) is 7.62. The van der Waals surface area contributed by atoms with E-state index < -0.39 is 45.6 Å². The smallest absolute Gasteiger partial charge is 0.475 e. The van der Waals surface area contributed by atoms with Crippen LogP contribution in [0.1, 0.15) is 23.7 Å². The van der Waals surface area contributed by atoms with Crippen LogP contribution in [0.5, 0.6) is 0 Å². The molecular formula is C21H25F3N6O7S. The third kappa shape index (κ3) is 9.25. The second-order valence-electron chi connectivity index (χ2n) is 7.32. The fourth-order valence-corrected chi connectivity index (χ4v) is 3.85. The lowest BCUT2D eigenvalue weighted by molar-refractivity contribution is -0.192. The molecule has 0 bridgehead atoms. The first-order chi connectivity index (χ1) is 17.5. The molecule has 0 aliphatic heterocycles. The number of carboxylic acid groups (broad SMARTS) is 1. The van der Waals surface area contributed by atoms with Crippen molar-refractivity contribution in [3.63, 3.8) is 0 Å². The highest BCUT2D eigenvalue weighted by Gasteiger charge is 2.38. The number of guanidine groups is 1. The normalized spacial score (nSPS) is 11.9. The van der Waals surface area contributed by atoms with Crippen LogP contribution in [0.25, 0.3) is 6.08 Å². The molecule has 0 fully saturated rings. The molecule has 13 nitrogen and oxygen atoms in total. The standard InChI is InChI=1S/C19H24N6O5S.C2HF3O2/c1-3-13-5-7-14(8-6-13)31(28,29)24-15-9-4-12(2)25(18(15)27)16(17(20)26)10-11-30-23-19(21)22;3-2(4,5)1(6)7/h3-9,16,24H,1,10-11H2,2H3,(H2,20,26)(H4,21,22,23);(H,6,7). The quantitative estimate of drug-likeness (QED) is 0.105. The van der Waals surface area contributed by atoms with Gasteiger partial charge in [-0.1, -0.05) is 24.8 Å². The predicted octanol–water partition coefficient (Wildman–Crippen LogP) is 1.06. The summed E-state index contributed by atoms with van der Waals surface area (Å²) in [4.78, 5) is 38.8. The Morgan fingerprint density at radius 2 is 1.76 bits per heavy atom. The summed E-state index contributed by atoms with van der Waals surface area (Å²) in [6.07, 6.45) is -3.53. The summed E-state index contributed by atoms with van der Waals surface area (Å²) in [5.41, 5.74) is 12.8. The molecule has 1 atom stereocenters. The van der Waals surface area contributed by atoms with Gasteiger partial charge in [0.05, 0.1) is 11.5 Å². The Morgan fingerprint density at radius 1 is 1.21 bits per heavy atom. The largest absolute Gasteiger partial charge is 0.490 e. The highest BCUT2D eigenvalue weighted by molar-refractivity contribution is 7.92. The molecule has 0 saturated carbocycles. The van der Waals surface area contributed by atoms with Crippen molar-refractivity contribution in [3.8, 4) is 0 Å². The maximum absolute atomic E-state index is 13.0. The van der Waals surface area contributed by atoms with Crippen molar-refractivity contribution in [2.24, 2.45) is 11.5 Å². The molecule has 1 aromatic heterocycles. The Morgan fingerprint density at radius 3 is 2.21 bits per heavy atom. The number of aromatic nitrogens is 1. The number of benzene rings is 1. The van der Waals surface area contributed by atoms with Crippen molar-refractivity contribution in [2.45, 2.75) is 30.5 Å². The molecule has 0 aliphatic rings. The van der Waals surface area contributed by atoms with Gasteiger partial charge >= 0.3 is 12.1 Å². The van der Waals surface area contributed by atoms with E-state index in [0.717, 1.165) is 10.1 Å². The maximum atomic E-state index is 13.0. The van der Waals surface area contributed by atoms with Crippen LogP contribution >= 0.6 is 0 Å². The number of carbonyl (C=O) groups is 2. The third-order valence-electron chi connectivity index (χ3n) is 4.55. The van der Waals surface area contributed by atoms with Crippen molar-refractivity contribution in [2.75, 3.05) is 11.3 Å². The Bertz CT molecular complexity index is 1340. The number of rotatable bonds is 10. The molecule has 2 rings (SSSR count). The molecule has 0 aliphatic carbocycles. The third-order valence-corrected chi connectivity index (χ3v) is 5.93. The summed E-state index contributed by atoms with van der Waals surface area (Å²) < 4.78 is 60.5. The number of aliphatic carboxylic acids is 1. The lowest BCUT2D eigenvalue weighted by Gasteiger charge is -2.20. The number of amides is 1. The van der Waals surface area contributed by atoms with Gasteiger partial charge in [0.2, 0.25) is 11.9 Å². The summed E-state index contributed by atoms with van der Waals surface area (Å²) in [5, 5.41) is 14.2. The van der Waals surface area contributed by atoms with E-state index in [2.05, 4.69) is 16.8 Å². The Kier molecular flexibility index (Phi) is 11.0. The molecule has 0 saturated heterocycles. The van der Waals surface area contributed by atoms with Crippen LogP contribution in [0.3, 0.4) is 0 Å². The molecule has 1 heterocycles. The Balaban J connectivity index is 0.000000905. The zero-order valence-corrected chi connectivity index (χ0v) is 20.6. The van der Waals surface area contributed by atoms with Crippen molar-refractivity contribution in [1.29, 1.82) is 5.41 Å². The summed E-state index contributed by atoms with van der Waals surface area (Å²) in [7, 11) is -4.05. The highest BCUT2D eigenvalue weighted by atomic mass is 32.2. The Labute approximate surface area is 214 Å². The van der Waals surface area contributed by atoms with Gasteiger partial charge in [0.25, 0.3) is 15.6 Å². The van der Waals surface area contributed by atoms with E-state index in [1.165, 1.54) is 24.3 Å². The van der Waals surface area contributed by atoms with Crippen LogP contribution in [0.2, 0.25) is 0 Å². The molecule has 8 N–H and O–H groups in total. The first-order valence-corrected chi connectivity index (χ1v) is 11.8. The number of carboxylic acids is 1. The molecule has 0 radical (unpaired) electrons. The van der Waals surface area contributed by atoms with E-state index in [1.807, 2.05) is 0 Å². The topological polar surface area (TPSA) is 220 Å². The summed E-state index contributed by atoms with van der Waals surface area (Å²) >= 11 is 0. The number of nitrogens with two attached hydrogens (primary N) is 2. The number of primary amides is 1. The van der Waals surface area contributed by atoms with Crippen molar-refractivity contribution in [3.05, 3.63) is 64.6 Å². The summed E-state index contributed by atoms with van der Waals surface area (Å²) in [6.45, 7) is 5.10. The van der Waals surface area contributed by atoms with Gasteiger partial charge in [-0.2, -0.15) is 13.2 Å². The first-order valence-electron chi connectivity index (χ1n) is 10.3. The molecule has 1 unspecified atom stereocenters. The molecule has 208 valence electrons. The van der Waals surface area contributed by atoms with E-state index >= 15 is 0 Å². The minimum Gasteiger partial charge on any atom is -0.475 e. The Hall–Kier alpha value is -4.38. The van der Waals surface area contributed by atoms with Gasteiger partial charge in [-0.3, -0.25) is 29.1 Å². The van der Waals surface area contributed by atoms with E-state index in [4.69, 9.17) is 31.6 Å². The number of hydrogen-bond donors (Lipinski definition) is 6. The molecule has 0 spiro atoms. The van der Waals surface area contributed by atoms with E-state index in [-0.39, 0.29) is 23.6 Å². The number of halogens is 3. The van der Waals surface area contributed by atoms with Gasteiger partial charge in [-0.15, -0.1) is 0 Å². The lowest BCUT2D eigenvalue weighted by Crippen LogP contribution is -2.38. The van der Waals surface area contributed by atoms with Crippen LogP contribution in [0.15, 0.2) is 52.7 Å². The second kappa shape index (κ2) is 13.2. The highest BCUT2D eigenvalue weighted by Crippen LogP contribution is 2.18. The molecule has 2 aromatic rings. The number of hydroxylamine groups is 1. The second-order valence-corrected chi connectivity index (χ2v) is 9.00.